The van der Waals surface area contributed by atoms with Crippen LogP contribution in [0.4, 0.5) is 20.2 Å². The number of nitrogens with one attached hydrogen (secondary N) is 1. The number of amides is 1. The first-order chi connectivity index (χ1) is 15.3. The number of hydrogen-bond donors (Lipinski definition) is 1. The Morgan fingerprint density at radius 1 is 1.09 bits per heavy atom. The fourth-order valence-electron chi connectivity index (χ4n) is 3.73. The van der Waals surface area contributed by atoms with Crippen molar-refractivity contribution in [2.45, 2.75) is 24.4 Å². The molecule has 32 heavy (non-hydrogen) atoms. The summed E-state index contributed by atoms with van der Waals surface area (Å²) in [6.45, 7) is -0.599. The van der Waals surface area contributed by atoms with E-state index in [-0.39, 0.29) is 27.6 Å². The summed E-state index contributed by atoms with van der Waals surface area (Å²) in [5.74, 6) is -1.12. The third-order valence-corrected chi connectivity index (χ3v) is 7.43. The second-order valence-electron chi connectivity index (χ2n) is 7.34. The van der Waals surface area contributed by atoms with Crippen LogP contribution in [-0.4, -0.2) is 20.9 Å². The Balaban J connectivity index is 1.68. The van der Waals surface area contributed by atoms with Gasteiger partial charge in [-0.2, -0.15) is 0 Å². The summed E-state index contributed by atoms with van der Waals surface area (Å²) in [7, 11) is -3.92. The monoisotopic (exact) mass is 476 g/mol. The number of anilines is 2. The summed E-state index contributed by atoms with van der Waals surface area (Å²) in [5, 5.41) is 2.80. The molecule has 1 aliphatic heterocycles. The molecule has 0 radical (unpaired) electrons. The Kier molecular flexibility index (Phi) is 6.17. The second-order valence-corrected chi connectivity index (χ2v) is 9.61. The van der Waals surface area contributed by atoms with Gasteiger partial charge in [0.05, 0.1) is 21.2 Å². The molecular formula is C23H19ClF2N2O3S. The molecule has 4 rings (SSSR count). The van der Waals surface area contributed by atoms with Crippen LogP contribution in [0.3, 0.4) is 0 Å². The molecule has 1 heterocycles. The zero-order valence-electron chi connectivity index (χ0n) is 16.8. The van der Waals surface area contributed by atoms with Gasteiger partial charge >= 0.3 is 0 Å². The zero-order valence-corrected chi connectivity index (χ0v) is 18.4. The molecule has 0 spiro atoms. The second kappa shape index (κ2) is 8.88. The first kappa shape index (κ1) is 22.2. The van der Waals surface area contributed by atoms with Crippen LogP contribution in [0.5, 0.6) is 0 Å². The molecule has 1 aliphatic rings. The maximum absolute atomic E-state index is 13.3. The van der Waals surface area contributed by atoms with E-state index < -0.39 is 28.4 Å². The lowest BCUT2D eigenvalue weighted by Gasteiger charge is -2.31. The SMILES string of the molecule is O=C(Nc1ccc2c(c1)N(S(=O)(=O)c1ccc(F)cc1)CCC2)c1c(Cl)cccc1CF. The van der Waals surface area contributed by atoms with Gasteiger partial charge in [-0.05, 0) is 66.4 Å². The number of nitrogens with zero attached hydrogens (tertiary/aromatic N) is 1. The van der Waals surface area contributed by atoms with Gasteiger partial charge in [0.2, 0.25) is 0 Å². The fourth-order valence-corrected chi connectivity index (χ4v) is 5.54. The maximum Gasteiger partial charge on any atom is 0.264 e. The van der Waals surface area contributed by atoms with Gasteiger partial charge in [0.1, 0.15) is 12.5 Å². The smallest absolute Gasteiger partial charge is 0.264 e. The number of alkyl halides is 1. The molecule has 0 atom stereocenters. The van der Waals surface area contributed by atoms with Gasteiger partial charge in [0.25, 0.3) is 15.9 Å². The number of carbonyl (C=O) groups excluding carboxylic acids is 1. The van der Waals surface area contributed by atoms with Crippen molar-refractivity contribution < 1.29 is 22.0 Å². The highest BCUT2D eigenvalue weighted by Gasteiger charge is 2.29. The van der Waals surface area contributed by atoms with Crippen LogP contribution in [0.2, 0.25) is 5.02 Å². The summed E-state index contributed by atoms with van der Waals surface area (Å²) >= 11 is 6.10. The lowest BCUT2D eigenvalue weighted by Crippen LogP contribution is -2.35. The number of aryl methyl sites for hydroxylation is 1. The molecule has 0 fully saturated rings. The van der Waals surface area contributed by atoms with Crippen LogP contribution in [0.1, 0.15) is 27.9 Å². The van der Waals surface area contributed by atoms with Gasteiger partial charge in [0, 0.05) is 12.2 Å². The molecule has 3 aromatic rings. The van der Waals surface area contributed by atoms with E-state index in [4.69, 9.17) is 11.6 Å². The zero-order chi connectivity index (χ0) is 22.9. The van der Waals surface area contributed by atoms with Crippen LogP contribution >= 0.6 is 11.6 Å². The van der Waals surface area contributed by atoms with Crippen molar-refractivity contribution in [2.24, 2.45) is 0 Å². The molecule has 0 saturated carbocycles. The van der Waals surface area contributed by atoms with E-state index in [1.807, 2.05) is 0 Å². The molecule has 166 valence electrons. The minimum atomic E-state index is -3.92. The number of carbonyl (C=O) groups is 1. The lowest BCUT2D eigenvalue weighted by atomic mass is 10.0. The average molecular weight is 477 g/mol. The Morgan fingerprint density at radius 2 is 1.84 bits per heavy atom. The first-order valence-corrected chi connectivity index (χ1v) is 11.7. The van der Waals surface area contributed by atoms with Gasteiger partial charge in [-0.1, -0.05) is 29.8 Å². The predicted octanol–water partition coefficient (Wildman–Crippen LogP) is 5.34. The van der Waals surface area contributed by atoms with E-state index in [0.717, 1.165) is 17.7 Å². The minimum Gasteiger partial charge on any atom is -0.322 e. The van der Waals surface area contributed by atoms with E-state index in [1.54, 1.807) is 24.3 Å². The van der Waals surface area contributed by atoms with Crippen LogP contribution in [-0.2, 0) is 23.1 Å². The van der Waals surface area contributed by atoms with Gasteiger partial charge in [-0.15, -0.1) is 0 Å². The summed E-state index contributed by atoms with van der Waals surface area (Å²) in [5.41, 5.74) is 1.78. The van der Waals surface area contributed by atoms with E-state index in [1.165, 1.54) is 28.6 Å². The quantitative estimate of drug-likeness (QED) is 0.540. The molecule has 1 N–H and O–H groups in total. The Bertz CT molecular complexity index is 1280. The fraction of sp³-hybridized carbons (Fsp3) is 0.174. The Hall–Kier alpha value is -2.97. The molecule has 0 aromatic heterocycles. The highest BCUT2D eigenvalue weighted by atomic mass is 35.5. The maximum atomic E-state index is 13.3. The van der Waals surface area contributed by atoms with Crippen molar-refractivity contribution in [3.63, 3.8) is 0 Å². The Morgan fingerprint density at radius 3 is 2.56 bits per heavy atom. The third-order valence-electron chi connectivity index (χ3n) is 5.29. The molecular weight excluding hydrogens is 458 g/mol. The Labute approximate surface area is 189 Å². The van der Waals surface area contributed by atoms with E-state index in [2.05, 4.69) is 5.32 Å². The van der Waals surface area contributed by atoms with Crippen molar-refractivity contribution in [2.75, 3.05) is 16.2 Å². The molecule has 0 unspecified atom stereocenters. The standard InChI is InChI=1S/C23H19ClF2N2O3S/c24-20-5-1-3-16(14-25)22(20)23(29)27-18-9-6-15-4-2-12-28(21(15)13-18)32(30,31)19-10-7-17(26)8-11-19/h1,3,5-11,13H,2,4,12,14H2,(H,27,29). The molecule has 9 heteroatoms. The van der Waals surface area contributed by atoms with E-state index in [0.29, 0.717) is 24.2 Å². The molecule has 5 nitrogen and oxygen atoms in total. The van der Waals surface area contributed by atoms with Gasteiger partial charge < -0.3 is 5.32 Å². The number of halogens is 3. The number of hydrogen-bond acceptors (Lipinski definition) is 3. The topological polar surface area (TPSA) is 66.5 Å². The number of rotatable bonds is 5. The first-order valence-electron chi connectivity index (χ1n) is 9.87. The highest BCUT2D eigenvalue weighted by molar-refractivity contribution is 7.92. The molecule has 0 saturated heterocycles. The summed E-state index contributed by atoms with van der Waals surface area (Å²) in [6.07, 6.45) is 1.30. The van der Waals surface area contributed by atoms with Crippen molar-refractivity contribution in [1.82, 2.24) is 0 Å². The molecule has 1 amide bonds. The minimum absolute atomic E-state index is 0.0233. The lowest BCUT2D eigenvalue weighted by molar-refractivity contribution is 0.102. The summed E-state index contributed by atoms with van der Waals surface area (Å²) < 4.78 is 54.3. The molecule has 3 aromatic carbocycles. The average Bonchev–Trinajstić information content (AvgIpc) is 2.78. The third kappa shape index (κ3) is 4.20. The van der Waals surface area contributed by atoms with Crippen molar-refractivity contribution in [3.05, 3.63) is 88.2 Å². The number of sulfonamides is 1. The molecule has 0 bridgehead atoms. The van der Waals surface area contributed by atoms with Crippen LogP contribution in [0.15, 0.2) is 65.6 Å². The van der Waals surface area contributed by atoms with Crippen molar-refractivity contribution >= 4 is 38.9 Å². The molecule has 0 aliphatic carbocycles. The van der Waals surface area contributed by atoms with E-state index >= 15 is 0 Å². The van der Waals surface area contributed by atoms with Gasteiger partial charge in [-0.25, -0.2) is 17.2 Å². The van der Waals surface area contributed by atoms with Gasteiger partial charge in [0.15, 0.2) is 0 Å². The largest absolute Gasteiger partial charge is 0.322 e. The summed E-state index contributed by atoms with van der Waals surface area (Å²) in [4.78, 5) is 12.8. The number of fused-ring (bicyclic) bond motifs is 1. The highest BCUT2D eigenvalue weighted by Crippen LogP contribution is 2.34. The van der Waals surface area contributed by atoms with Crippen LogP contribution < -0.4 is 9.62 Å². The van der Waals surface area contributed by atoms with Crippen LogP contribution in [0.25, 0.3) is 0 Å². The van der Waals surface area contributed by atoms with Gasteiger partial charge in [-0.3, -0.25) is 9.10 Å². The van der Waals surface area contributed by atoms with E-state index in [9.17, 15) is 22.0 Å². The van der Waals surface area contributed by atoms with Crippen molar-refractivity contribution in [3.8, 4) is 0 Å². The van der Waals surface area contributed by atoms with Crippen LogP contribution in [0, 0.1) is 5.82 Å². The summed E-state index contributed by atoms with van der Waals surface area (Å²) in [6, 6.07) is 14.2. The normalized spacial score (nSPS) is 13.5. The van der Waals surface area contributed by atoms with Crippen molar-refractivity contribution in [1.29, 1.82) is 0 Å². The number of benzene rings is 3. The predicted molar refractivity (Wildman–Crippen MR) is 120 cm³/mol.